The zero-order chi connectivity index (χ0) is 17.3. The van der Waals surface area contributed by atoms with Gasteiger partial charge in [-0.3, -0.25) is 0 Å². The topological polar surface area (TPSA) is 65.7 Å². The maximum Gasteiger partial charge on any atom is 0.336 e. The molecule has 1 unspecified atom stereocenters. The van der Waals surface area contributed by atoms with Gasteiger partial charge in [0.25, 0.3) is 0 Å². The van der Waals surface area contributed by atoms with E-state index in [1.54, 1.807) is 11.5 Å². The quantitative estimate of drug-likeness (QED) is 0.481. The molecule has 1 atom stereocenters. The Balaban J connectivity index is 1.86. The molecule has 5 nitrogen and oxygen atoms in total. The third-order valence-corrected chi connectivity index (χ3v) is 4.40. The molecule has 0 saturated carbocycles. The van der Waals surface area contributed by atoms with Crippen LogP contribution in [0.25, 0.3) is 11.0 Å². The lowest BCUT2D eigenvalue weighted by molar-refractivity contribution is -0.158. The number of hydrogen-bond acceptors (Lipinski definition) is 6. The van der Waals surface area contributed by atoms with Crippen LogP contribution in [0.4, 0.5) is 0 Å². The Kier molecular flexibility index (Phi) is 4.41. The predicted molar refractivity (Wildman–Crippen MR) is 93.4 cm³/mol. The van der Waals surface area contributed by atoms with Gasteiger partial charge in [-0.05, 0) is 43.7 Å². The van der Waals surface area contributed by atoms with Crippen molar-refractivity contribution in [2.45, 2.75) is 32.0 Å². The molecule has 126 valence electrons. The molecule has 1 aliphatic heterocycles. The smallest absolute Gasteiger partial charge is 0.336 e. The lowest BCUT2D eigenvalue weighted by Crippen LogP contribution is -2.43. The van der Waals surface area contributed by atoms with E-state index in [4.69, 9.17) is 13.9 Å². The number of benzene rings is 1. The van der Waals surface area contributed by atoms with Crippen molar-refractivity contribution in [1.29, 1.82) is 0 Å². The standard InChI is InChI=1S/C18H18O5S/c1-18(2,23-16(20)8-9-24-3)14-10-12-13(21-14)6-4-11-5-7-15(19)22-17(11)12/h4-9,14H,10H2,1-3H3/b9-8+. The van der Waals surface area contributed by atoms with Crippen molar-refractivity contribution in [2.24, 2.45) is 0 Å². The second kappa shape index (κ2) is 6.36. The molecule has 0 fully saturated rings. The molecule has 1 aromatic heterocycles. The zero-order valence-corrected chi connectivity index (χ0v) is 14.5. The van der Waals surface area contributed by atoms with Crippen LogP contribution in [0, 0.1) is 0 Å². The highest BCUT2D eigenvalue weighted by Gasteiger charge is 2.40. The Labute approximate surface area is 143 Å². The number of hydrogen-bond donors (Lipinski definition) is 0. The fourth-order valence-corrected chi connectivity index (χ4v) is 2.97. The second-order valence-corrected chi connectivity index (χ2v) is 6.83. The fraction of sp³-hybridized carbons (Fsp3) is 0.333. The SMILES string of the molecule is CS/C=C/C(=O)OC(C)(C)C1Cc2c(ccc3ccc(=O)oc23)O1. The summed E-state index contributed by atoms with van der Waals surface area (Å²) in [5.41, 5.74) is 0.151. The molecule has 3 rings (SSSR count). The summed E-state index contributed by atoms with van der Waals surface area (Å²) in [4.78, 5) is 23.4. The first kappa shape index (κ1) is 16.6. The Morgan fingerprint density at radius 2 is 2.08 bits per heavy atom. The fourth-order valence-electron chi connectivity index (χ4n) is 2.73. The first-order chi connectivity index (χ1) is 11.4. The molecule has 1 aliphatic rings. The van der Waals surface area contributed by atoms with Gasteiger partial charge >= 0.3 is 11.6 Å². The van der Waals surface area contributed by atoms with Crippen LogP contribution in [0.3, 0.4) is 0 Å². The lowest BCUT2D eigenvalue weighted by atomic mass is 9.96. The average molecular weight is 346 g/mol. The molecule has 24 heavy (non-hydrogen) atoms. The predicted octanol–water partition coefficient (Wildman–Crippen LogP) is 3.30. The number of carbonyl (C=O) groups excluding carboxylic acids is 1. The van der Waals surface area contributed by atoms with E-state index in [1.165, 1.54) is 23.9 Å². The molecule has 0 aliphatic carbocycles. The van der Waals surface area contributed by atoms with Crippen LogP contribution in [0.1, 0.15) is 19.4 Å². The summed E-state index contributed by atoms with van der Waals surface area (Å²) < 4.78 is 16.8. The first-order valence-corrected chi connectivity index (χ1v) is 8.84. The molecular weight excluding hydrogens is 328 g/mol. The van der Waals surface area contributed by atoms with Crippen molar-refractivity contribution in [1.82, 2.24) is 0 Å². The third-order valence-electron chi connectivity index (χ3n) is 3.99. The molecule has 0 spiro atoms. The van der Waals surface area contributed by atoms with Gasteiger partial charge in [0.1, 0.15) is 23.0 Å². The summed E-state index contributed by atoms with van der Waals surface area (Å²) in [6.07, 6.45) is 3.41. The van der Waals surface area contributed by atoms with Crippen molar-refractivity contribution < 1.29 is 18.7 Å². The number of esters is 1. The van der Waals surface area contributed by atoms with Crippen molar-refractivity contribution >= 4 is 28.7 Å². The largest absolute Gasteiger partial charge is 0.485 e. The van der Waals surface area contributed by atoms with Gasteiger partial charge in [-0.2, -0.15) is 0 Å². The van der Waals surface area contributed by atoms with Gasteiger partial charge in [-0.25, -0.2) is 9.59 Å². The summed E-state index contributed by atoms with van der Waals surface area (Å²) in [6, 6.07) is 6.82. The Morgan fingerprint density at radius 1 is 1.33 bits per heavy atom. The summed E-state index contributed by atoms with van der Waals surface area (Å²) >= 11 is 1.43. The highest BCUT2D eigenvalue weighted by molar-refractivity contribution is 8.01. The van der Waals surface area contributed by atoms with Crippen LogP contribution in [0.5, 0.6) is 5.75 Å². The van der Waals surface area contributed by atoms with Gasteiger partial charge in [0.2, 0.25) is 0 Å². The highest BCUT2D eigenvalue weighted by Crippen LogP contribution is 2.38. The van der Waals surface area contributed by atoms with E-state index in [0.717, 1.165) is 10.9 Å². The van der Waals surface area contributed by atoms with Crippen LogP contribution in [0.2, 0.25) is 0 Å². The van der Waals surface area contributed by atoms with Crippen molar-refractivity contribution in [3.8, 4) is 5.75 Å². The van der Waals surface area contributed by atoms with Crippen LogP contribution in [-0.2, 0) is 16.0 Å². The molecular formula is C18H18O5S. The van der Waals surface area contributed by atoms with E-state index in [1.807, 2.05) is 32.2 Å². The van der Waals surface area contributed by atoms with Crippen molar-refractivity contribution in [3.63, 3.8) is 0 Å². The van der Waals surface area contributed by atoms with Crippen LogP contribution >= 0.6 is 11.8 Å². The summed E-state index contributed by atoms with van der Waals surface area (Å²) in [5.74, 6) is 0.246. The summed E-state index contributed by atoms with van der Waals surface area (Å²) in [5, 5.41) is 2.51. The Morgan fingerprint density at radius 3 is 2.83 bits per heavy atom. The maximum atomic E-state index is 11.9. The lowest BCUT2D eigenvalue weighted by Gasteiger charge is -2.30. The third kappa shape index (κ3) is 3.19. The van der Waals surface area contributed by atoms with Gasteiger partial charge in [-0.15, -0.1) is 11.8 Å². The van der Waals surface area contributed by atoms with Crippen molar-refractivity contribution in [3.05, 3.63) is 51.7 Å². The van der Waals surface area contributed by atoms with E-state index in [-0.39, 0.29) is 6.10 Å². The summed E-state index contributed by atoms with van der Waals surface area (Å²) in [6.45, 7) is 3.62. The van der Waals surface area contributed by atoms with E-state index >= 15 is 0 Å². The minimum absolute atomic E-state index is 0.352. The van der Waals surface area contributed by atoms with Crippen molar-refractivity contribution in [2.75, 3.05) is 6.26 Å². The van der Waals surface area contributed by atoms with Crippen LogP contribution in [-0.4, -0.2) is 23.9 Å². The van der Waals surface area contributed by atoms with Crippen LogP contribution < -0.4 is 10.4 Å². The molecule has 2 heterocycles. The minimum atomic E-state index is -0.819. The van der Waals surface area contributed by atoms with Gasteiger partial charge in [0, 0.05) is 29.5 Å². The Bertz CT molecular complexity index is 865. The molecule has 0 bridgehead atoms. The number of rotatable bonds is 4. The monoisotopic (exact) mass is 346 g/mol. The number of fused-ring (bicyclic) bond motifs is 3. The number of carbonyl (C=O) groups is 1. The van der Waals surface area contributed by atoms with Crippen LogP contribution in [0.15, 0.2) is 45.0 Å². The number of ether oxygens (including phenoxy) is 2. The Hall–Kier alpha value is -2.21. The maximum absolute atomic E-state index is 11.9. The number of thioether (sulfide) groups is 1. The highest BCUT2D eigenvalue weighted by atomic mass is 32.2. The van der Waals surface area contributed by atoms with E-state index < -0.39 is 17.2 Å². The molecule has 0 radical (unpaired) electrons. The molecule has 0 saturated heterocycles. The van der Waals surface area contributed by atoms with Gasteiger partial charge in [-0.1, -0.05) is 0 Å². The molecule has 2 aromatic rings. The van der Waals surface area contributed by atoms with E-state index in [9.17, 15) is 9.59 Å². The van der Waals surface area contributed by atoms with E-state index in [2.05, 4.69) is 0 Å². The molecule has 1 aromatic carbocycles. The zero-order valence-electron chi connectivity index (χ0n) is 13.7. The average Bonchev–Trinajstić information content (AvgIpc) is 2.98. The minimum Gasteiger partial charge on any atom is -0.485 e. The van der Waals surface area contributed by atoms with Gasteiger partial charge < -0.3 is 13.9 Å². The molecule has 0 N–H and O–H groups in total. The first-order valence-electron chi connectivity index (χ1n) is 7.55. The normalized spacial score (nSPS) is 17.0. The second-order valence-electron chi connectivity index (χ2n) is 6.09. The molecule has 6 heteroatoms. The van der Waals surface area contributed by atoms with Gasteiger partial charge in [0.05, 0.1) is 0 Å². The van der Waals surface area contributed by atoms with E-state index in [0.29, 0.717) is 17.8 Å². The summed E-state index contributed by atoms with van der Waals surface area (Å²) in [7, 11) is 0. The van der Waals surface area contributed by atoms with Gasteiger partial charge in [0.15, 0.2) is 0 Å². The molecule has 0 amide bonds.